The molecule has 1 aliphatic rings. The zero-order chi connectivity index (χ0) is 16.6. The number of amides is 1. The van der Waals surface area contributed by atoms with E-state index in [4.69, 9.17) is 5.11 Å². The van der Waals surface area contributed by atoms with Crippen LogP contribution >= 0.6 is 0 Å². The first-order valence-corrected chi connectivity index (χ1v) is 8.06. The quantitative estimate of drug-likeness (QED) is 0.861. The van der Waals surface area contributed by atoms with E-state index in [0.717, 1.165) is 35.0 Å². The number of nitrogens with zero attached hydrogens (tertiary/aromatic N) is 1. The lowest BCUT2D eigenvalue weighted by molar-refractivity contribution is -0.143. The van der Waals surface area contributed by atoms with E-state index in [0.29, 0.717) is 13.0 Å². The first kappa shape index (κ1) is 15.6. The van der Waals surface area contributed by atoms with Crippen molar-refractivity contribution in [3.05, 3.63) is 35.5 Å². The minimum atomic E-state index is -0.855. The lowest BCUT2D eigenvalue weighted by Gasteiger charge is -2.24. The largest absolute Gasteiger partial charge is 0.481 e. The highest BCUT2D eigenvalue weighted by Crippen LogP contribution is 2.29. The van der Waals surface area contributed by atoms with Crippen molar-refractivity contribution in [3.8, 4) is 0 Å². The first-order chi connectivity index (χ1) is 11.0. The molecule has 0 radical (unpaired) electrons. The Bertz CT molecular complexity index is 746. The lowest BCUT2D eigenvalue weighted by Crippen LogP contribution is -2.39. The number of hydrogen-bond donors (Lipinski definition) is 2. The number of hydrogen-bond acceptors (Lipinski definition) is 2. The monoisotopic (exact) mass is 314 g/mol. The summed E-state index contributed by atoms with van der Waals surface area (Å²) in [6.07, 6.45) is 2.27. The number of carbonyl (C=O) groups is 2. The Morgan fingerprint density at radius 1 is 1.35 bits per heavy atom. The number of carboxylic acid groups (broad SMARTS) is 1. The van der Waals surface area contributed by atoms with Crippen molar-refractivity contribution in [1.29, 1.82) is 0 Å². The van der Waals surface area contributed by atoms with Gasteiger partial charge in [-0.15, -0.1) is 0 Å². The molecule has 5 heteroatoms. The molecule has 0 spiro atoms. The standard InChI is InChI=1S/C18H22N2O3/c1-11(18(22)23)10-20(13-7-8-13)17(21)9-15-12(2)19-16-6-4-3-5-14(15)16/h3-6,11,13,19H,7-10H2,1-2H3,(H,22,23)/t11-/m1/s1. The van der Waals surface area contributed by atoms with Crippen LogP contribution < -0.4 is 0 Å². The summed E-state index contributed by atoms with van der Waals surface area (Å²) in [5.41, 5.74) is 3.05. The van der Waals surface area contributed by atoms with Crippen LogP contribution in [0.1, 0.15) is 31.0 Å². The molecule has 1 amide bonds. The fourth-order valence-corrected chi connectivity index (χ4v) is 3.03. The molecule has 0 unspecified atom stereocenters. The summed E-state index contributed by atoms with van der Waals surface area (Å²) in [6, 6.07) is 8.17. The summed E-state index contributed by atoms with van der Waals surface area (Å²) < 4.78 is 0. The summed E-state index contributed by atoms with van der Waals surface area (Å²) in [5, 5.41) is 10.2. The van der Waals surface area contributed by atoms with Crippen LogP contribution in [0.4, 0.5) is 0 Å². The Hall–Kier alpha value is -2.30. The zero-order valence-electron chi connectivity index (χ0n) is 13.5. The number of para-hydroxylation sites is 1. The molecular weight excluding hydrogens is 292 g/mol. The van der Waals surface area contributed by atoms with Gasteiger partial charge in [0.2, 0.25) is 5.91 Å². The van der Waals surface area contributed by atoms with Crippen molar-refractivity contribution in [2.45, 2.75) is 39.2 Å². The summed E-state index contributed by atoms with van der Waals surface area (Å²) in [6.45, 7) is 3.92. The van der Waals surface area contributed by atoms with E-state index in [1.165, 1.54) is 0 Å². The Balaban J connectivity index is 1.81. The molecule has 1 fully saturated rings. The van der Waals surface area contributed by atoms with Gasteiger partial charge < -0.3 is 15.0 Å². The third kappa shape index (κ3) is 3.23. The van der Waals surface area contributed by atoms with Gasteiger partial charge >= 0.3 is 5.97 Å². The molecule has 122 valence electrons. The van der Waals surface area contributed by atoms with Crippen LogP contribution in [-0.2, 0) is 16.0 Å². The zero-order valence-corrected chi connectivity index (χ0v) is 13.5. The van der Waals surface area contributed by atoms with Gasteiger partial charge in [-0.3, -0.25) is 9.59 Å². The van der Waals surface area contributed by atoms with Gasteiger partial charge in [-0.2, -0.15) is 0 Å². The highest BCUT2D eigenvalue weighted by Gasteiger charge is 2.34. The van der Waals surface area contributed by atoms with Gasteiger partial charge in [0.15, 0.2) is 0 Å². The van der Waals surface area contributed by atoms with E-state index in [2.05, 4.69) is 4.98 Å². The number of fused-ring (bicyclic) bond motifs is 1. The van der Waals surface area contributed by atoms with Crippen LogP contribution in [0.3, 0.4) is 0 Å². The molecule has 0 bridgehead atoms. The Kier molecular flexibility index (Phi) is 4.11. The lowest BCUT2D eigenvalue weighted by atomic mass is 10.1. The van der Waals surface area contributed by atoms with E-state index in [-0.39, 0.29) is 11.9 Å². The second kappa shape index (κ2) is 6.07. The van der Waals surface area contributed by atoms with Crippen molar-refractivity contribution in [2.24, 2.45) is 5.92 Å². The predicted molar refractivity (Wildman–Crippen MR) is 88.3 cm³/mol. The maximum Gasteiger partial charge on any atom is 0.308 e. The van der Waals surface area contributed by atoms with E-state index in [1.54, 1.807) is 11.8 Å². The van der Waals surface area contributed by atoms with E-state index < -0.39 is 11.9 Å². The third-order valence-corrected chi connectivity index (χ3v) is 4.56. The van der Waals surface area contributed by atoms with Crippen molar-refractivity contribution >= 4 is 22.8 Å². The molecule has 0 saturated heterocycles. The molecule has 2 aromatic rings. The number of rotatable bonds is 6. The maximum absolute atomic E-state index is 12.8. The van der Waals surface area contributed by atoms with Gasteiger partial charge in [-0.05, 0) is 31.4 Å². The maximum atomic E-state index is 12.8. The summed E-state index contributed by atoms with van der Waals surface area (Å²) in [5.74, 6) is -1.37. The number of aryl methyl sites for hydroxylation is 1. The third-order valence-electron chi connectivity index (χ3n) is 4.56. The Labute approximate surface area is 135 Å². The van der Waals surface area contributed by atoms with Gasteiger partial charge in [-0.1, -0.05) is 25.1 Å². The minimum absolute atomic E-state index is 0.0217. The molecule has 2 N–H and O–H groups in total. The van der Waals surface area contributed by atoms with Crippen LogP contribution in [0.2, 0.25) is 0 Å². The highest BCUT2D eigenvalue weighted by atomic mass is 16.4. The number of aromatic amines is 1. The molecule has 1 saturated carbocycles. The van der Waals surface area contributed by atoms with Gasteiger partial charge in [0.1, 0.15) is 0 Å². The average Bonchev–Trinajstić information content (AvgIpc) is 3.30. The average molecular weight is 314 g/mol. The van der Waals surface area contributed by atoms with Crippen LogP contribution in [-0.4, -0.2) is 39.5 Å². The molecule has 3 rings (SSSR count). The Morgan fingerprint density at radius 3 is 2.70 bits per heavy atom. The molecule has 1 aromatic carbocycles. The summed E-state index contributed by atoms with van der Waals surface area (Å²) >= 11 is 0. The molecule has 1 atom stereocenters. The predicted octanol–water partition coefficient (Wildman–Crippen LogP) is 2.73. The normalized spacial score (nSPS) is 15.6. The van der Waals surface area contributed by atoms with Crippen molar-refractivity contribution in [1.82, 2.24) is 9.88 Å². The second-order valence-corrected chi connectivity index (χ2v) is 6.47. The van der Waals surface area contributed by atoms with Crippen molar-refractivity contribution < 1.29 is 14.7 Å². The number of aliphatic carboxylic acids is 1. The number of benzene rings is 1. The SMILES string of the molecule is Cc1[nH]c2ccccc2c1CC(=O)N(C[C@@H](C)C(=O)O)C1CC1. The number of H-pyrrole nitrogens is 1. The fourth-order valence-electron chi connectivity index (χ4n) is 3.03. The van der Waals surface area contributed by atoms with Gasteiger partial charge in [0.25, 0.3) is 0 Å². The van der Waals surface area contributed by atoms with Crippen molar-refractivity contribution in [2.75, 3.05) is 6.54 Å². The molecule has 1 heterocycles. The molecule has 0 aliphatic heterocycles. The van der Waals surface area contributed by atoms with Crippen LogP contribution in [0, 0.1) is 12.8 Å². The molecule has 1 aromatic heterocycles. The Morgan fingerprint density at radius 2 is 2.04 bits per heavy atom. The number of aromatic nitrogens is 1. The van der Waals surface area contributed by atoms with Gasteiger partial charge in [0.05, 0.1) is 12.3 Å². The van der Waals surface area contributed by atoms with E-state index in [9.17, 15) is 9.59 Å². The molecule has 5 nitrogen and oxygen atoms in total. The van der Waals surface area contributed by atoms with Gasteiger partial charge in [0, 0.05) is 29.2 Å². The molecule has 23 heavy (non-hydrogen) atoms. The van der Waals surface area contributed by atoms with E-state index >= 15 is 0 Å². The van der Waals surface area contributed by atoms with Crippen LogP contribution in [0.15, 0.2) is 24.3 Å². The number of carbonyl (C=O) groups excluding carboxylic acids is 1. The first-order valence-electron chi connectivity index (χ1n) is 8.06. The van der Waals surface area contributed by atoms with Crippen LogP contribution in [0.5, 0.6) is 0 Å². The number of carboxylic acids is 1. The smallest absolute Gasteiger partial charge is 0.308 e. The van der Waals surface area contributed by atoms with Gasteiger partial charge in [-0.25, -0.2) is 0 Å². The fraction of sp³-hybridized carbons (Fsp3) is 0.444. The molecular formula is C18H22N2O3. The summed E-state index contributed by atoms with van der Waals surface area (Å²) in [7, 11) is 0. The highest BCUT2D eigenvalue weighted by molar-refractivity contribution is 5.90. The van der Waals surface area contributed by atoms with Crippen LogP contribution in [0.25, 0.3) is 10.9 Å². The number of nitrogens with one attached hydrogen (secondary N) is 1. The van der Waals surface area contributed by atoms with Crippen molar-refractivity contribution in [3.63, 3.8) is 0 Å². The second-order valence-electron chi connectivity index (χ2n) is 6.47. The van der Waals surface area contributed by atoms with E-state index in [1.807, 2.05) is 31.2 Å². The summed E-state index contributed by atoms with van der Waals surface area (Å²) in [4.78, 5) is 28.9. The topological polar surface area (TPSA) is 73.4 Å². The molecule has 1 aliphatic carbocycles. The minimum Gasteiger partial charge on any atom is -0.481 e.